The highest BCUT2D eigenvalue weighted by Crippen LogP contribution is 2.30. The minimum Gasteiger partial charge on any atom is -0.383 e. The van der Waals surface area contributed by atoms with Crippen LogP contribution in [0.4, 0.5) is 17.6 Å². The Bertz CT molecular complexity index is 407. The molecule has 0 saturated carbocycles. The summed E-state index contributed by atoms with van der Waals surface area (Å²) < 4.78 is 0. The highest BCUT2D eigenvalue weighted by atomic mass is 15.1. The maximum absolute atomic E-state index is 5.67. The summed E-state index contributed by atoms with van der Waals surface area (Å²) in [5, 5.41) is 2.92. The molecule has 0 unspecified atom stereocenters. The van der Waals surface area contributed by atoms with Crippen LogP contribution in [0, 0.1) is 0 Å². The van der Waals surface area contributed by atoms with Crippen LogP contribution in [0.5, 0.6) is 0 Å². The molecular formula is C8H9N5. The first-order valence-electron chi connectivity index (χ1n) is 3.74. The zero-order chi connectivity index (χ0) is 9.42. The van der Waals surface area contributed by atoms with Crippen LogP contribution in [0.2, 0.25) is 0 Å². The Balaban J connectivity index is 2.67. The first-order valence-corrected chi connectivity index (χ1v) is 3.74. The van der Waals surface area contributed by atoms with Gasteiger partial charge in [0.15, 0.2) is 0 Å². The molecule has 0 atom stereocenters. The third kappa shape index (κ3) is 1.10. The molecule has 1 aromatic heterocycles. The number of nitrogens with two attached hydrogens (primary N) is 2. The number of nitrogen functional groups attached to an aromatic ring is 2. The van der Waals surface area contributed by atoms with Crippen molar-refractivity contribution in [1.29, 1.82) is 0 Å². The molecule has 1 aliphatic rings. The van der Waals surface area contributed by atoms with E-state index in [1.54, 1.807) is 12.3 Å². The number of nitrogens with one attached hydrogen (secondary N) is 1. The van der Waals surface area contributed by atoms with Crippen molar-refractivity contribution >= 4 is 23.2 Å². The maximum Gasteiger partial charge on any atom is 0.223 e. The molecule has 1 aliphatic heterocycles. The van der Waals surface area contributed by atoms with Crippen molar-refractivity contribution in [2.45, 2.75) is 0 Å². The molecule has 0 fully saturated rings. The van der Waals surface area contributed by atoms with Gasteiger partial charge in [0.05, 0.1) is 5.56 Å². The Morgan fingerprint density at radius 1 is 1.31 bits per heavy atom. The van der Waals surface area contributed by atoms with Crippen molar-refractivity contribution in [3.8, 4) is 0 Å². The number of anilines is 3. The third-order valence-corrected chi connectivity index (χ3v) is 1.78. The smallest absolute Gasteiger partial charge is 0.223 e. The second-order valence-corrected chi connectivity index (χ2v) is 2.69. The predicted octanol–water partition coefficient (Wildman–Crippen LogP) is 0.593. The average molecular weight is 175 g/mol. The highest BCUT2D eigenvalue weighted by Gasteiger charge is 2.14. The van der Waals surface area contributed by atoms with E-state index in [4.69, 9.17) is 11.5 Å². The van der Waals surface area contributed by atoms with E-state index < -0.39 is 0 Å². The fraction of sp³-hybridized carbons (Fsp3) is 0. The van der Waals surface area contributed by atoms with Gasteiger partial charge >= 0.3 is 0 Å². The normalized spacial score (nSPS) is 13.7. The third-order valence-electron chi connectivity index (χ3n) is 1.78. The van der Waals surface area contributed by atoms with E-state index in [9.17, 15) is 0 Å². The van der Waals surface area contributed by atoms with Gasteiger partial charge in [-0.15, -0.1) is 0 Å². The lowest BCUT2D eigenvalue weighted by Gasteiger charge is -2.14. The zero-order valence-corrected chi connectivity index (χ0v) is 6.91. The van der Waals surface area contributed by atoms with Gasteiger partial charge in [0.25, 0.3) is 0 Å². The fourth-order valence-electron chi connectivity index (χ4n) is 1.22. The van der Waals surface area contributed by atoms with Crippen LogP contribution < -0.4 is 16.8 Å². The van der Waals surface area contributed by atoms with Gasteiger partial charge < -0.3 is 16.8 Å². The number of hydrogen-bond donors (Lipinski definition) is 3. The summed E-state index contributed by atoms with van der Waals surface area (Å²) in [7, 11) is 0. The number of aromatic nitrogens is 2. The van der Waals surface area contributed by atoms with Gasteiger partial charge in [0.1, 0.15) is 11.6 Å². The molecule has 5 N–H and O–H groups in total. The fourth-order valence-corrected chi connectivity index (χ4v) is 1.22. The highest BCUT2D eigenvalue weighted by molar-refractivity contribution is 5.88. The first kappa shape index (κ1) is 7.60. The van der Waals surface area contributed by atoms with Crippen molar-refractivity contribution in [2.24, 2.45) is 0 Å². The van der Waals surface area contributed by atoms with Crippen LogP contribution in [-0.4, -0.2) is 9.97 Å². The molecule has 0 spiro atoms. The van der Waals surface area contributed by atoms with Crippen molar-refractivity contribution < 1.29 is 0 Å². The van der Waals surface area contributed by atoms with Crippen molar-refractivity contribution in [2.75, 3.05) is 16.8 Å². The number of rotatable bonds is 0. The van der Waals surface area contributed by atoms with Gasteiger partial charge in [-0.2, -0.15) is 9.97 Å². The van der Waals surface area contributed by atoms with Crippen LogP contribution in [0.25, 0.3) is 5.57 Å². The van der Waals surface area contributed by atoms with E-state index in [-0.39, 0.29) is 5.95 Å². The van der Waals surface area contributed by atoms with Gasteiger partial charge in [0, 0.05) is 6.20 Å². The minimum absolute atomic E-state index is 0.159. The zero-order valence-electron chi connectivity index (χ0n) is 6.91. The Kier molecular flexibility index (Phi) is 1.45. The summed E-state index contributed by atoms with van der Waals surface area (Å²) >= 11 is 0. The molecule has 5 nitrogen and oxygen atoms in total. The second-order valence-electron chi connectivity index (χ2n) is 2.69. The number of allylic oxidation sites excluding steroid dienone is 2. The van der Waals surface area contributed by atoms with Crippen LogP contribution in [0.1, 0.15) is 5.56 Å². The lowest BCUT2D eigenvalue weighted by Crippen LogP contribution is -2.09. The molecule has 13 heavy (non-hydrogen) atoms. The molecule has 2 heterocycles. The molecule has 0 saturated heterocycles. The quantitative estimate of drug-likeness (QED) is 0.537. The molecule has 5 heteroatoms. The van der Waals surface area contributed by atoms with Gasteiger partial charge in [-0.3, -0.25) is 0 Å². The topological polar surface area (TPSA) is 89.8 Å². The van der Waals surface area contributed by atoms with Crippen LogP contribution in [0.3, 0.4) is 0 Å². The van der Waals surface area contributed by atoms with Crippen molar-refractivity contribution in [3.05, 3.63) is 24.4 Å². The molecule has 2 rings (SSSR count). The lowest BCUT2D eigenvalue weighted by atomic mass is 10.1. The van der Waals surface area contributed by atoms with Crippen LogP contribution >= 0.6 is 0 Å². The average Bonchev–Trinajstić information content (AvgIpc) is 2.02. The van der Waals surface area contributed by atoms with E-state index >= 15 is 0 Å². The number of nitrogens with zero attached hydrogens (tertiary/aromatic N) is 2. The maximum atomic E-state index is 5.67. The van der Waals surface area contributed by atoms with Gasteiger partial charge in [-0.1, -0.05) is 6.58 Å². The van der Waals surface area contributed by atoms with E-state index in [2.05, 4.69) is 21.9 Å². The molecule has 0 amide bonds. The predicted molar refractivity (Wildman–Crippen MR) is 52.7 cm³/mol. The molecule has 0 aromatic carbocycles. The first-order chi connectivity index (χ1) is 6.18. The Morgan fingerprint density at radius 2 is 2.08 bits per heavy atom. The summed E-state index contributed by atoms with van der Waals surface area (Å²) in [4.78, 5) is 7.84. The molecular weight excluding hydrogens is 166 g/mol. The van der Waals surface area contributed by atoms with E-state index in [0.717, 1.165) is 11.1 Å². The molecule has 0 radical (unpaired) electrons. The molecule has 0 aliphatic carbocycles. The van der Waals surface area contributed by atoms with E-state index in [0.29, 0.717) is 11.6 Å². The summed E-state index contributed by atoms with van der Waals surface area (Å²) in [5.74, 6) is 1.12. The van der Waals surface area contributed by atoms with Gasteiger partial charge in [0.2, 0.25) is 5.95 Å². The van der Waals surface area contributed by atoms with Crippen LogP contribution in [-0.2, 0) is 0 Å². The molecule has 66 valence electrons. The number of fused-ring (bicyclic) bond motifs is 1. The SMILES string of the molecule is C=C1C=CNc2nc(N)nc(N)c21. The Morgan fingerprint density at radius 3 is 2.85 bits per heavy atom. The number of hydrogen-bond acceptors (Lipinski definition) is 5. The molecule has 1 aromatic rings. The monoisotopic (exact) mass is 175 g/mol. The summed E-state index contributed by atoms with van der Waals surface area (Å²) in [5.41, 5.74) is 12.6. The summed E-state index contributed by atoms with van der Waals surface area (Å²) in [6.07, 6.45) is 3.54. The standard InChI is InChI=1S/C8H9N5/c1-4-2-3-11-7-5(4)6(9)12-8(10)13-7/h2-3H,1H2,(H5,9,10,11,12,13). The molecule has 0 bridgehead atoms. The largest absolute Gasteiger partial charge is 0.383 e. The van der Waals surface area contributed by atoms with E-state index in [1.165, 1.54) is 0 Å². The second kappa shape index (κ2) is 2.48. The summed E-state index contributed by atoms with van der Waals surface area (Å²) in [6.45, 7) is 3.82. The van der Waals surface area contributed by atoms with Gasteiger partial charge in [-0.25, -0.2) is 0 Å². The van der Waals surface area contributed by atoms with Crippen molar-refractivity contribution in [3.63, 3.8) is 0 Å². The summed E-state index contributed by atoms with van der Waals surface area (Å²) in [6, 6.07) is 0. The van der Waals surface area contributed by atoms with Crippen molar-refractivity contribution in [1.82, 2.24) is 9.97 Å². The minimum atomic E-state index is 0.159. The van der Waals surface area contributed by atoms with E-state index in [1.807, 2.05) is 0 Å². The lowest BCUT2D eigenvalue weighted by molar-refractivity contribution is 1.17. The van der Waals surface area contributed by atoms with Gasteiger partial charge in [-0.05, 0) is 11.6 Å². The van der Waals surface area contributed by atoms with Crippen LogP contribution in [0.15, 0.2) is 18.9 Å². The Labute approximate surface area is 75.2 Å². The Hall–Kier alpha value is -2.04.